The van der Waals surface area contributed by atoms with Crippen LogP contribution in [0.3, 0.4) is 0 Å². The van der Waals surface area contributed by atoms with Gasteiger partial charge in [-0.05, 0) is 19.3 Å². The number of piperidine rings is 1. The molecule has 0 aromatic carbocycles. The van der Waals surface area contributed by atoms with Crippen LogP contribution in [0.5, 0.6) is 0 Å². The third-order valence-corrected chi connectivity index (χ3v) is 3.13. The molecule has 4 heteroatoms. The molecule has 1 aliphatic rings. The van der Waals surface area contributed by atoms with Gasteiger partial charge in [-0.2, -0.15) is 0 Å². The SMILES string of the molecule is CC1C(N)CCN(CC(F)F)C1C. The van der Waals surface area contributed by atoms with E-state index in [4.69, 9.17) is 5.73 Å². The third kappa shape index (κ3) is 2.61. The van der Waals surface area contributed by atoms with Gasteiger partial charge in [0.25, 0.3) is 6.43 Å². The molecule has 0 spiro atoms. The zero-order chi connectivity index (χ0) is 10.0. The highest BCUT2D eigenvalue weighted by Crippen LogP contribution is 2.22. The van der Waals surface area contributed by atoms with E-state index in [0.29, 0.717) is 12.5 Å². The number of hydrogen-bond donors (Lipinski definition) is 1. The van der Waals surface area contributed by atoms with Gasteiger partial charge in [0.1, 0.15) is 0 Å². The zero-order valence-electron chi connectivity index (χ0n) is 8.21. The van der Waals surface area contributed by atoms with Crippen molar-refractivity contribution >= 4 is 0 Å². The molecule has 0 amide bonds. The lowest BCUT2D eigenvalue weighted by atomic mass is 9.88. The van der Waals surface area contributed by atoms with E-state index in [9.17, 15) is 8.78 Å². The fourth-order valence-corrected chi connectivity index (χ4v) is 1.91. The van der Waals surface area contributed by atoms with Crippen molar-refractivity contribution in [3.05, 3.63) is 0 Å². The normalized spacial score (nSPS) is 36.9. The van der Waals surface area contributed by atoms with E-state index >= 15 is 0 Å². The second-order valence-corrected chi connectivity index (χ2v) is 3.94. The Hall–Kier alpha value is -0.220. The summed E-state index contributed by atoms with van der Waals surface area (Å²) in [5.74, 6) is 0.312. The van der Waals surface area contributed by atoms with Gasteiger partial charge in [0.05, 0.1) is 6.54 Å². The van der Waals surface area contributed by atoms with Crippen LogP contribution in [-0.4, -0.2) is 36.5 Å². The topological polar surface area (TPSA) is 29.3 Å². The van der Waals surface area contributed by atoms with Crippen molar-refractivity contribution in [3.8, 4) is 0 Å². The van der Waals surface area contributed by atoms with E-state index in [1.54, 1.807) is 0 Å². The molecule has 1 aliphatic heterocycles. The first-order valence-corrected chi connectivity index (χ1v) is 4.80. The average molecular weight is 192 g/mol. The van der Waals surface area contributed by atoms with Crippen LogP contribution in [0.1, 0.15) is 20.3 Å². The van der Waals surface area contributed by atoms with Crippen LogP contribution in [0.25, 0.3) is 0 Å². The molecule has 1 fully saturated rings. The monoisotopic (exact) mass is 192 g/mol. The third-order valence-electron chi connectivity index (χ3n) is 3.13. The molecular formula is C9H18F2N2. The summed E-state index contributed by atoms with van der Waals surface area (Å²) in [5, 5.41) is 0. The minimum absolute atomic E-state index is 0.113. The maximum absolute atomic E-state index is 12.1. The molecule has 0 radical (unpaired) electrons. The van der Waals surface area contributed by atoms with Gasteiger partial charge in [-0.3, -0.25) is 4.90 Å². The summed E-state index contributed by atoms with van der Waals surface area (Å²) in [6, 6.07) is 0.349. The van der Waals surface area contributed by atoms with Crippen LogP contribution in [0, 0.1) is 5.92 Å². The van der Waals surface area contributed by atoms with Gasteiger partial charge >= 0.3 is 0 Å². The molecule has 1 rings (SSSR count). The molecule has 0 aliphatic carbocycles. The van der Waals surface area contributed by atoms with Crippen molar-refractivity contribution in [2.75, 3.05) is 13.1 Å². The molecule has 0 aromatic heterocycles. The molecule has 0 aromatic rings. The highest BCUT2D eigenvalue weighted by Gasteiger charge is 2.31. The van der Waals surface area contributed by atoms with Crippen molar-refractivity contribution in [2.45, 2.75) is 38.8 Å². The summed E-state index contributed by atoms with van der Waals surface area (Å²) in [6.07, 6.45) is -1.40. The van der Waals surface area contributed by atoms with E-state index in [2.05, 4.69) is 0 Å². The molecule has 1 heterocycles. The number of halogens is 2. The Kier molecular flexibility index (Phi) is 3.62. The molecule has 0 saturated carbocycles. The van der Waals surface area contributed by atoms with Crippen molar-refractivity contribution in [2.24, 2.45) is 11.7 Å². The van der Waals surface area contributed by atoms with Crippen molar-refractivity contribution < 1.29 is 8.78 Å². The average Bonchev–Trinajstić information content (AvgIpc) is 2.06. The number of likely N-dealkylation sites (tertiary alicyclic amines) is 1. The Balaban J connectivity index is 2.48. The van der Waals surface area contributed by atoms with Gasteiger partial charge in [0.2, 0.25) is 0 Å². The Morgan fingerprint density at radius 2 is 2.08 bits per heavy atom. The van der Waals surface area contributed by atoms with Crippen LogP contribution in [0.15, 0.2) is 0 Å². The number of rotatable bonds is 2. The summed E-state index contributed by atoms with van der Waals surface area (Å²) in [7, 11) is 0. The Labute approximate surface area is 78.1 Å². The van der Waals surface area contributed by atoms with E-state index in [1.165, 1.54) is 0 Å². The van der Waals surface area contributed by atoms with Crippen LogP contribution in [0.2, 0.25) is 0 Å². The standard InChI is InChI=1S/C9H18F2N2/c1-6-7(2)13(5-9(10)11)4-3-8(6)12/h6-9H,3-5,12H2,1-2H3. The quantitative estimate of drug-likeness (QED) is 0.714. The Morgan fingerprint density at radius 3 is 2.62 bits per heavy atom. The predicted molar refractivity (Wildman–Crippen MR) is 48.8 cm³/mol. The molecule has 1 saturated heterocycles. The zero-order valence-corrected chi connectivity index (χ0v) is 8.21. The minimum atomic E-state index is -2.23. The number of alkyl halides is 2. The van der Waals surface area contributed by atoms with Gasteiger partial charge in [-0.15, -0.1) is 0 Å². The maximum atomic E-state index is 12.1. The molecule has 13 heavy (non-hydrogen) atoms. The minimum Gasteiger partial charge on any atom is -0.327 e. The van der Waals surface area contributed by atoms with Gasteiger partial charge in [0.15, 0.2) is 0 Å². The van der Waals surface area contributed by atoms with Gasteiger partial charge in [0, 0.05) is 18.6 Å². The molecule has 0 bridgehead atoms. The Bertz CT molecular complexity index is 164. The first-order valence-electron chi connectivity index (χ1n) is 4.80. The summed E-state index contributed by atoms with van der Waals surface area (Å²) in [4.78, 5) is 1.83. The molecule has 3 atom stereocenters. The number of nitrogens with zero attached hydrogens (tertiary/aromatic N) is 1. The molecular weight excluding hydrogens is 174 g/mol. The molecule has 78 valence electrons. The van der Waals surface area contributed by atoms with E-state index in [0.717, 1.165) is 6.42 Å². The van der Waals surface area contributed by atoms with Crippen molar-refractivity contribution in [3.63, 3.8) is 0 Å². The maximum Gasteiger partial charge on any atom is 0.251 e. The first-order chi connectivity index (χ1) is 6.02. The number of nitrogens with two attached hydrogens (primary N) is 1. The van der Waals surface area contributed by atoms with E-state index in [-0.39, 0.29) is 18.6 Å². The summed E-state index contributed by atoms with van der Waals surface area (Å²) >= 11 is 0. The van der Waals surface area contributed by atoms with E-state index in [1.807, 2.05) is 18.7 Å². The lowest BCUT2D eigenvalue weighted by molar-refractivity contribution is 0.0293. The van der Waals surface area contributed by atoms with Gasteiger partial charge < -0.3 is 5.73 Å². The summed E-state index contributed by atoms with van der Waals surface area (Å²) in [5.41, 5.74) is 5.85. The van der Waals surface area contributed by atoms with Gasteiger partial charge in [-0.1, -0.05) is 6.92 Å². The predicted octanol–water partition coefficient (Wildman–Crippen LogP) is 1.31. The number of hydrogen-bond acceptors (Lipinski definition) is 2. The first kappa shape index (κ1) is 10.9. The molecule has 3 unspecified atom stereocenters. The largest absolute Gasteiger partial charge is 0.327 e. The smallest absolute Gasteiger partial charge is 0.251 e. The summed E-state index contributed by atoms with van der Waals surface area (Å²) in [6.45, 7) is 4.61. The van der Waals surface area contributed by atoms with Gasteiger partial charge in [-0.25, -0.2) is 8.78 Å². The van der Waals surface area contributed by atoms with Crippen LogP contribution < -0.4 is 5.73 Å². The second kappa shape index (κ2) is 4.33. The van der Waals surface area contributed by atoms with Crippen LogP contribution in [-0.2, 0) is 0 Å². The fraction of sp³-hybridized carbons (Fsp3) is 1.00. The van der Waals surface area contributed by atoms with Crippen molar-refractivity contribution in [1.82, 2.24) is 4.90 Å². The van der Waals surface area contributed by atoms with Crippen molar-refractivity contribution in [1.29, 1.82) is 0 Å². The van der Waals surface area contributed by atoms with E-state index < -0.39 is 6.43 Å². The highest BCUT2D eigenvalue weighted by molar-refractivity contribution is 4.86. The lowest BCUT2D eigenvalue weighted by Crippen LogP contribution is -2.52. The molecule has 2 N–H and O–H groups in total. The van der Waals surface area contributed by atoms with Crippen LogP contribution in [0.4, 0.5) is 8.78 Å². The van der Waals surface area contributed by atoms with Crippen LogP contribution >= 0.6 is 0 Å². The molecule has 2 nitrogen and oxygen atoms in total. The Morgan fingerprint density at radius 1 is 1.46 bits per heavy atom. The lowest BCUT2D eigenvalue weighted by Gasteiger charge is -2.41. The fourth-order valence-electron chi connectivity index (χ4n) is 1.91. The highest BCUT2D eigenvalue weighted by atomic mass is 19.3. The second-order valence-electron chi connectivity index (χ2n) is 3.94. The summed E-state index contributed by atoms with van der Waals surface area (Å²) < 4.78 is 24.3.